The van der Waals surface area contributed by atoms with Crippen LogP contribution >= 0.6 is 24.2 Å². The minimum atomic E-state index is -0.0460. The van der Waals surface area contributed by atoms with Crippen LogP contribution in [0.15, 0.2) is 29.2 Å². The highest BCUT2D eigenvalue weighted by Crippen LogP contribution is 2.34. The smallest absolute Gasteiger partial charge is 0.242 e. The average Bonchev–Trinajstić information content (AvgIpc) is 2.47. The number of carbonyl (C=O) groups is 2. The number of benzene rings is 1. The van der Waals surface area contributed by atoms with Crippen LogP contribution in [0.1, 0.15) is 0 Å². The number of nitrogens with zero attached hydrogens (tertiary/aromatic N) is 2. The van der Waals surface area contributed by atoms with Gasteiger partial charge in [-0.15, -0.1) is 24.2 Å². The molecule has 5 nitrogen and oxygen atoms in total. The molecule has 0 fully saturated rings. The van der Waals surface area contributed by atoms with E-state index in [1.54, 1.807) is 16.8 Å². The third kappa shape index (κ3) is 4.36. The van der Waals surface area contributed by atoms with Crippen molar-refractivity contribution in [2.45, 2.75) is 4.90 Å². The van der Waals surface area contributed by atoms with E-state index in [4.69, 9.17) is 0 Å². The van der Waals surface area contributed by atoms with Crippen molar-refractivity contribution in [2.24, 2.45) is 0 Å². The molecule has 1 N–H and O–H groups in total. The van der Waals surface area contributed by atoms with Crippen LogP contribution in [0.2, 0.25) is 0 Å². The van der Waals surface area contributed by atoms with E-state index in [-0.39, 0.29) is 30.8 Å². The highest BCUT2D eigenvalue weighted by atomic mass is 35.5. The zero-order valence-corrected chi connectivity index (χ0v) is 13.8. The summed E-state index contributed by atoms with van der Waals surface area (Å²) < 4.78 is 0. The summed E-state index contributed by atoms with van der Waals surface area (Å²) >= 11 is 1.52. The Morgan fingerprint density at radius 3 is 2.86 bits per heavy atom. The number of hydrogen-bond donors (Lipinski definition) is 1. The predicted molar refractivity (Wildman–Crippen MR) is 88.3 cm³/mol. The first-order chi connectivity index (χ1) is 9.63. The lowest BCUT2D eigenvalue weighted by atomic mass is 10.2. The van der Waals surface area contributed by atoms with Crippen LogP contribution < -0.4 is 10.2 Å². The summed E-state index contributed by atoms with van der Waals surface area (Å²) in [5.74, 6) is 0.337. The highest BCUT2D eigenvalue weighted by molar-refractivity contribution is 8.00. The molecular weight excluding hydrogens is 310 g/mol. The Hall–Kier alpha value is -1.24. The number of carbonyl (C=O) groups excluding carboxylic acids is 2. The van der Waals surface area contributed by atoms with Crippen LogP contribution in [-0.4, -0.2) is 56.2 Å². The monoisotopic (exact) mass is 329 g/mol. The number of likely N-dealkylation sites (N-methyl/N-ethyl adjacent to an activating group) is 2. The lowest BCUT2D eigenvalue weighted by Gasteiger charge is -2.30. The molecule has 0 saturated heterocycles. The molecule has 1 aliphatic rings. The molecule has 0 unspecified atom stereocenters. The molecule has 0 aliphatic carbocycles. The first-order valence-electron chi connectivity index (χ1n) is 6.54. The van der Waals surface area contributed by atoms with E-state index in [9.17, 15) is 9.59 Å². The van der Waals surface area contributed by atoms with E-state index in [1.807, 2.05) is 31.3 Å². The number of thioether (sulfide) groups is 1. The maximum absolute atomic E-state index is 12.2. The minimum absolute atomic E-state index is 0. The normalized spacial score (nSPS) is 13.4. The first-order valence-corrected chi connectivity index (χ1v) is 7.53. The topological polar surface area (TPSA) is 52.7 Å². The maximum Gasteiger partial charge on any atom is 0.242 e. The molecule has 2 rings (SSSR count). The second kappa shape index (κ2) is 8.26. The van der Waals surface area contributed by atoms with Crippen molar-refractivity contribution >= 4 is 41.7 Å². The largest absolute Gasteiger partial charge is 0.343 e. The van der Waals surface area contributed by atoms with E-state index in [0.29, 0.717) is 12.3 Å². The molecule has 0 saturated carbocycles. The summed E-state index contributed by atoms with van der Waals surface area (Å²) in [6.07, 6.45) is 0. The summed E-state index contributed by atoms with van der Waals surface area (Å²) in [7, 11) is 3.61. The van der Waals surface area contributed by atoms with E-state index in [2.05, 4.69) is 5.32 Å². The number of halogens is 1. The molecule has 2 amide bonds. The minimum Gasteiger partial charge on any atom is -0.343 e. The van der Waals surface area contributed by atoms with Crippen molar-refractivity contribution in [3.05, 3.63) is 24.3 Å². The number of amides is 2. The summed E-state index contributed by atoms with van der Waals surface area (Å²) in [4.78, 5) is 28.5. The first kappa shape index (κ1) is 17.8. The number of para-hydroxylation sites is 1. The van der Waals surface area contributed by atoms with Gasteiger partial charge >= 0.3 is 0 Å². The lowest BCUT2D eigenvalue weighted by Crippen LogP contribution is -2.45. The average molecular weight is 330 g/mol. The van der Waals surface area contributed by atoms with E-state index >= 15 is 0 Å². The van der Waals surface area contributed by atoms with Crippen LogP contribution in [-0.2, 0) is 9.59 Å². The van der Waals surface area contributed by atoms with Gasteiger partial charge in [0, 0.05) is 25.0 Å². The Morgan fingerprint density at radius 2 is 2.14 bits per heavy atom. The molecule has 1 heterocycles. The third-order valence-electron chi connectivity index (χ3n) is 3.22. The Bertz CT molecular complexity index is 513. The van der Waals surface area contributed by atoms with Crippen molar-refractivity contribution in [3.63, 3.8) is 0 Å². The number of fused-ring (bicyclic) bond motifs is 1. The molecule has 0 radical (unpaired) electrons. The molecule has 0 atom stereocenters. The Balaban J connectivity index is 0.00000220. The number of hydrogen-bond acceptors (Lipinski definition) is 4. The fourth-order valence-corrected chi connectivity index (χ4v) is 2.92. The Kier molecular flexibility index (Phi) is 7.01. The molecule has 0 spiro atoms. The molecule has 1 aliphatic heterocycles. The number of anilines is 1. The lowest BCUT2D eigenvalue weighted by molar-refractivity contribution is -0.130. The van der Waals surface area contributed by atoms with Gasteiger partial charge < -0.3 is 15.1 Å². The summed E-state index contributed by atoms with van der Waals surface area (Å²) in [6.45, 7) is 1.48. The molecule has 21 heavy (non-hydrogen) atoms. The molecular formula is C14H20ClN3O2S. The van der Waals surface area contributed by atoms with E-state index in [1.165, 1.54) is 11.8 Å². The van der Waals surface area contributed by atoms with Gasteiger partial charge in [0.2, 0.25) is 11.8 Å². The van der Waals surface area contributed by atoms with Gasteiger partial charge in [0.1, 0.15) is 6.54 Å². The third-order valence-corrected chi connectivity index (χ3v) is 4.27. The van der Waals surface area contributed by atoms with Crippen LogP contribution in [0.25, 0.3) is 0 Å². The molecule has 7 heteroatoms. The second-order valence-corrected chi connectivity index (χ2v) is 5.67. The van der Waals surface area contributed by atoms with E-state index in [0.717, 1.165) is 17.1 Å². The van der Waals surface area contributed by atoms with Crippen molar-refractivity contribution in [1.82, 2.24) is 10.2 Å². The molecule has 0 aromatic heterocycles. The zero-order chi connectivity index (χ0) is 14.5. The highest BCUT2D eigenvalue weighted by Gasteiger charge is 2.26. The maximum atomic E-state index is 12.2. The van der Waals surface area contributed by atoms with Crippen molar-refractivity contribution < 1.29 is 9.59 Å². The molecule has 0 bridgehead atoms. The zero-order valence-electron chi connectivity index (χ0n) is 12.2. The van der Waals surface area contributed by atoms with Crippen LogP contribution in [0.3, 0.4) is 0 Å². The standard InChI is InChI=1S/C14H19N3O2S.ClH/c1-15-7-8-16(2)13(18)9-17-11-5-3-4-6-12(11)20-10-14(17)19;/h3-6,15H,7-10H2,1-2H3;1H. The Labute approximate surface area is 135 Å². The van der Waals surface area contributed by atoms with Gasteiger partial charge in [0.15, 0.2) is 0 Å². The van der Waals surface area contributed by atoms with Gasteiger partial charge in [0.05, 0.1) is 11.4 Å². The summed E-state index contributed by atoms with van der Waals surface area (Å²) in [5.41, 5.74) is 0.837. The molecule has 1 aromatic rings. The van der Waals surface area contributed by atoms with Gasteiger partial charge in [-0.1, -0.05) is 12.1 Å². The fraction of sp³-hybridized carbons (Fsp3) is 0.429. The quantitative estimate of drug-likeness (QED) is 0.882. The summed E-state index contributed by atoms with van der Waals surface area (Å²) in [6, 6.07) is 7.70. The predicted octanol–water partition coefficient (Wildman–Crippen LogP) is 1.22. The van der Waals surface area contributed by atoms with Crippen LogP contribution in [0, 0.1) is 0 Å². The van der Waals surface area contributed by atoms with Gasteiger partial charge in [-0.25, -0.2) is 0 Å². The SMILES string of the molecule is CNCCN(C)C(=O)CN1C(=O)CSc2ccccc21.Cl. The van der Waals surface area contributed by atoms with Gasteiger partial charge in [-0.2, -0.15) is 0 Å². The van der Waals surface area contributed by atoms with Gasteiger partial charge in [-0.3, -0.25) is 9.59 Å². The van der Waals surface area contributed by atoms with Crippen LogP contribution in [0.4, 0.5) is 5.69 Å². The van der Waals surface area contributed by atoms with E-state index < -0.39 is 0 Å². The summed E-state index contributed by atoms with van der Waals surface area (Å²) in [5, 5.41) is 3.00. The number of rotatable bonds is 5. The second-order valence-electron chi connectivity index (χ2n) is 4.66. The van der Waals surface area contributed by atoms with Crippen molar-refractivity contribution in [3.8, 4) is 0 Å². The molecule has 116 valence electrons. The fourth-order valence-electron chi connectivity index (χ4n) is 1.99. The Morgan fingerprint density at radius 1 is 1.43 bits per heavy atom. The van der Waals surface area contributed by atoms with Gasteiger partial charge in [0.25, 0.3) is 0 Å². The van der Waals surface area contributed by atoms with Crippen molar-refractivity contribution in [1.29, 1.82) is 0 Å². The van der Waals surface area contributed by atoms with Crippen LogP contribution in [0.5, 0.6) is 0 Å². The van der Waals surface area contributed by atoms with Crippen molar-refractivity contribution in [2.75, 3.05) is 44.4 Å². The van der Waals surface area contributed by atoms with Gasteiger partial charge in [-0.05, 0) is 19.2 Å². The number of nitrogens with one attached hydrogen (secondary N) is 1. The molecule has 1 aromatic carbocycles.